The van der Waals surface area contributed by atoms with Gasteiger partial charge in [0.25, 0.3) is 0 Å². The van der Waals surface area contributed by atoms with Crippen molar-refractivity contribution in [3.8, 4) is 0 Å². The summed E-state index contributed by atoms with van der Waals surface area (Å²) < 4.78 is 10.5. The fourth-order valence-electron chi connectivity index (χ4n) is 1.57. The molecule has 1 unspecified atom stereocenters. The summed E-state index contributed by atoms with van der Waals surface area (Å²) in [5.41, 5.74) is 5.37. The van der Waals surface area contributed by atoms with E-state index in [1.165, 1.54) is 0 Å². The molecule has 0 radical (unpaired) electrons. The van der Waals surface area contributed by atoms with Gasteiger partial charge in [-0.2, -0.15) is 0 Å². The number of hydrogen-bond acceptors (Lipinski definition) is 4. The van der Waals surface area contributed by atoms with E-state index in [0.717, 1.165) is 32.5 Å². The first-order valence-corrected chi connectivity index (χ1v) is 7.23. The maximum absolute atomic E-state index is 11.6. The maximum atomic E-state index is 11.6. The van der Waals surface area contributed by atoms with Crippen LogP contribution in [-0.4, -0.2) is 31.3 Å². The Hall–Kier alpha value is -0.610. The number of hydrogen-bond donors (Lipinski definition) is 1. The smallest absolute Gasteiger partial charge is 0.325 e. The van der Waals surface area contributed by atoms with Crippen LogP contribution in [0.1, 0.15) is 60.3 Å². The second-order valence-corrected chi connectivity index (χ2v) is 6.52. The highest BCUT2D eigenvalue weighted by Crippen LogP contribution is 2.18. The van der Waals surface area contributed by atoms with Crippen LogP contribution in [0, 0.1) is 5.41 Å². The molecule has 0 saturated carbocycles. The van der Waals surface area contributed by atoms with Crippen molar-refractivity contribution in [2.45, 2.75) is 65.8 Å². The van der Waals surface area contributed by atoms with Gasteiger partial charge in [-0.25, -0.2) is 0 Å². The molecular formula is C15H31NO3. The Bertz CT molecular complexity index is 257. The zero-order valence-electron chi connectivity index (χ0n) is 13.3. The Balaban J connectivity index is 3.61. The second-order valence-electron chi connectivity index (χ2n) is 6.52. The third-order valence-electron chi connectivity index (χ3n) is 2.97. The van der Waals surface area contributed by atoms with Gasteiger partial charge in [0.05, 0.1) is 6.61 Å². The largest absolute Gasteiger partial charge is 0.465 e. The third-order valence-corrected chi connectivity index (χ3v) is 2.97. The van der Waals surface area contributed by atoms with E-state index in [1.54, 1.807) is 13.8 Å². The van der Waals surface area contributed by atoms with Gasteiger partial charge in [0.2, 0.25) is 0 Å². The summed E-state index contributed by atoms with van der Waals surface area (Å²) in [5, 5.41) is 0. The van der Waals surface area contributed by atoms with Gasteiger partial charge in [-0.1, -0.05) is 20.8 Å². The van der Waals surface area contributed by atoms with Gasteiger partial charge in [0, 0.05) is 13.2 Å². The number of carbonyl (C=O) groups excluding carboxylic acids is 1. The van der Waals surface area contributed by atoms with Crippen molar-refractivity contribution in [3.05, 3.63) is 0 Å². The highest BCUT2D eigenvalue weighted by molar-refractivity contribution is 5.79. The molecule has 4 nitrogen and oxygen atoms in total. The molecule has 0 fully saturated rings. The van der Waals surface area contributed by atoms with Gasteiger partial charge < -0.3 is 15.2 Å². The summed E-state index contributed by atoms with van der Waals surface area (Å²) in [5.74, 6) is -0.316. The van der Waals surface area contributed by atoms with Crippen molar-refractivity contribution in [3.63, 3.8) is 0 Å². The van der Waals surface area contributed by atoms with Crippen LogP contribution in [0.2, 0.25) is 0 Å². The molecule has 0 saturated heterocycles. The molecule has 0 aromatic rings. The second kappa shape index (κ2) is 8.54. The fraction of sp³-hybridized carbons (Fsp3) is 0.933. The molecule has 0 spiro atoms. The fourth-order valence-corrected chi connectivity index (χ4v) is 1.57. The average Bonchev–Trinajstić information content (AvgIpc) is 2.26. The first-order chi connectivity index (χ1) is 8.69. The van der Waals surface area contributed by atoms with E-state index in [2.05, 4.69) is 20.8 Å². The molecule has 2 N–H and O–H groups in total. The van der Waals surface area contributed by atoms with E-state index in [1.807, 2.05) is 0 Å². The van der Waals surface area contributed by atoms with Crippen LogP contribution < -0.4 is 5.73 Å². The molecule has 0 aliphatic rings. The molecule has 0 aromatic heterocycles. The van der Waals surface area contributed by atoms with Gasteiger partial charge in [-0.3, -0.25) is 4.79 Å². The number of rotatable bonds is 9. The quantitative estimate of drug-likeness (QED) is 0.518. The molecule has 4 heteroatoms. The molecule has 0 amide bonds. The van der Waals surface area contributed by atoms with E-state index >= 15 is 0 Å². The van der Waals surface area contributed by atoms with E-state index in [-0.39, 0.29) is 5.97 Å². The molecule has 0 aliphatic carbocycles. The van der Waals surface area contributed by atoms with Crippen molar-refractivity contribution in [2.75, 3.05) is 19.8 Å². The predicted octanol–water partition coefficient (Wildman–Crippen LogP) is 2.89. The molecule has 114 valence electrons. The number of esters is 1. The molecule has 0 aromatic carbocycles. The van der Waals surface area contributed by atoms with Crippen LogP contribution >= 0.6 is 0 Å². The molecular weight excluding hydrogens is 242 g/mol. The molecule has 0 rings (SSSR count). The summed E-state index contributed by atoms with van der Waals surface area (Å²) >= 11 is 0. The molecule has 0 heterocycles. The Morgan fingerprint density at radius 3 is 2.21 bits per heavy atom. The Labute approximate surface area is 118 Å². The summed E-state index contributed by atoms with van der Waals surface area (Å²) in [7, 11) is 0. The van der Waals surface area contributed by atoms with Crippen molar-refractivity contribution in [2.24, 2.45) is 11.1 Å². The minimum atomic E-state index is -0.874. The van der Waals surface area contributed by atoms with Gasteiger partial charge >= 0.3 is 5.97 Å². The summed E-state index contributed by atoms with van der Waals surface area (Å²) in [6.45, 7) is 12.0. The Morgan fingerprint density at radius 1 is 1.05 bits per heavy atom. The standard InChI is InChI=1S/C15H31NO3/c1-6-19-13(17)15(5,16)9-7-8-11-18-12-10-14(2,3)4/h6-12,16H2,1-5H3. The SMILES string of the molecule is CCOC(=O)C(C)(N)CCCCOCCC(C)(C)C. The Kier molecular flexibility index (Phi) is 8.26. The average molecular weight is 273 g/mol. The lowest BCUT2D eigenvalue weighted by Gasteiger charge is -2.22. The first-order valence-electron chi connectivity index (χ1n) is 7.23. The van der Waals surface area contributed by atoms with Crippen LogP contribution in [0.4, 0.5) is 0 Å². The zero-order valence-corrected chi connectivity index (χ0v) is 13.3. The minimum absolute atomic E-state index is 0.316. The first kappa shape index (κ1) is 18.4. The number of nitrogens with two attached hydrogens (primary N) is 1. The van der Waals surface area contributed by atoms with Crippen molar-refractivity contribution in [1.29, 1.82) is 0 Å². The number of carbonyl (C=O) groups is 1. The molecule has 0 aliphatic heterocycles. The van der Waals surface area contributed by atoms with Crippen LogP contribution in [0.3, 0.4) is 0 Å². The molecule has 1 atom stereocenters. The number of unbranched alkanes of at least 4 members (excludes halogenated alkanes) is 1. The lowest BCUT2D eigenvalue weighted by atomic mass is 9.93. The van der Waals surface area contributed by atoms with Crippen LogP contribution in [-0.2, 0) is 14.3 Å². The van der Waals surface area contributed by atoms with Crippen molar-refractivity contribution >= 4 is 5.97 Å². The van der Waals surface area contributed by atoms with E-state index in [0.29, 0.717) is 18.4 Å². The lowest BCUT2D eigenvalue weighted by molar-refractivity contribution is -0.149. The molecule has 0 bridgehead atoms. The van der Waals surface area contributed by atoms with Gasteiger partial charge in [0.1, 0.15) is 5.54 Å². The van der Waals surface area contributed by atoms with Gasteiger partial charge in [-0.15, -0.1) is 0 Å². The van der Waals surface area contributed by atoms with Crippen molar-refractivity contribution < 1.29 is 14.3 Å². The van der Waals surface area contributed by atoms with Gasteiger partial charge in [-0.05, 0) is 44.9 Å². The zero-order chi connectivity index (χ0) is 14.9. The topological polar surface area (TPSA) is 61.5 Å². The normalized spacial score (nSPS) is 15.1. The van der Waals surface area contributed by atoms with E-state index in [9.17, 15) is 4.79 Å². The van der Waals surface area contributed by atoms with E-state index in [4.69, 9.17) is 15.2 Å². The summed E-state index contributed by atoms with van der Waals surface area (Å²) in [4.78, 5) is 11.6. The Morgan fingerprint density at radius 2 is 1.68 bits per heavy atom. The van der Waals surface area contributed by atoms with Crippen molar-refractivity contribution in [1.82, 2.24) is 0 Å². The minimum Gasteiger partial charge on any atom is -0.465 e. The summed E-state index contributed by atoms with van der Waals surface area (Å²) in [6, 6.07) is 0. The van der Waals surface area contributed by atoms with Gasteiger partial charge in [0.15, 0.2) is 0 Å². The maximum Gasteiger partial charge on any atom is 0.325 e. The number of ether oxygens (including phenoxy) is 2. The van der Waals surface area contributed by atoms with E-state index < -0.39 is 5.54 Å². The molecule has 19 heavy (non-hydrogen) atoms. The van der Waals surface area contributed by atoms with Crippen LogP contribution in [0.25, 0.3) is 0 Å². The van der Waals surface area contributed by atoms with Crippen LogP contribution in [0.5, 0.6) is 0 Å². The monoisotopic (exact) mass is 273 g/mol. The summed E-state index contributed by atoms with van der Waals surface area (Å²) in [6.07, 6.45) is 3.50. The highest BCUT2D eigenvalue weighted by Gasteiger charge is 2.28. The predicted molar refractivity (Wildman–Crippen MR) is 78.0 cm³/mol. The van der Waals surface area contributed by atoms with Crippen LogP contribution in [0.15, 0.2) is 0 Å². The lowest BCUT2D eigenvalue weighted by Crippen LogP contribution is -2.46. The highest BCUT2D eigenvalue weighted by atomic mass is 16.5. The third kappa shape index (κ3) is 9.91.